The SMILES string of the molecule is CCCCC/C=C\C[C@H](O)/C=C/[C@H]1[C@@H](CCCCCC(=O)O)[C@@H](O)C[C@H]1O. The van der Waals surface area contributed by atoms with Gasteiger partial charge in [0.15, 0.2) is 0 Å². The quantitative estimate of drug-likeness (QED) is 0.270. The van der Waals surface area contributed by atoms with Gasteiger partial charge in [-0.25, -0.2) is 0 Å². The lowest BCUT2D eigenvalue weighted by Crippen LogP contribution is -2.21. The molecule has 0 radical (unpaired) electrons. The number of hydrogen-bond donors (Lipinski definition) is 4. The van der Waals surface area contributed by atoms with Gasteiger partial charge in [0.1, 0.15) is 0 Å². The summed E-state index contributed by atoms with van der Waals surface area (Å²) in [6.07, 6.45) is 14.8. The largest absolute Gasteiger partial charge is 0.481 e. The van der Waals surface area contributed by atoms with E-state index >= 15 is 0 Å². The van der Waals surface area contributed by atoms with Crippen LogP contribution in [0, 0.1) is 11.8 Å². The first-order chi connectivity index (χ1) is 13.0. The van der Waals surface area contributed by atoms with Crippen LogP contribution in [0.25, 0.3) is 0 Å². The molecule has 0 aromatic rings. The number of carboxylic acid groups (broad SMARTS) is 1. The van der Waals surface area contributed by atoms with Crippen LogP contribution >= 0.6 is 0 Å². The average molecular weight is 383 g/mol. The Balaban J connectivity index is 2.39. The molecule has 0 heterocycles. The molecule has 1 aliphatic carbocycles. The molecule has 1 fully saturated rings. The summed E-state index contributed by atoms with van der Waals surface area (Å²) in [5.41, 5.74) is 0. The number of carboxylic acids is 1. The van der Waals surface area contributed by atoms with Crippen molar-refractivity contribution in [2.45, 2.75) is 95.9 Å². The van der Waals surface area contributed by atoms with E-state index in [1.54, 1.807) is 6.08 Å². The summed E-state index contributed by atoms with van der Waals surface area (Å²) < 4.78 is 0. The van der Waals surface area contributed by atoms with Crippen LogP contribution in [0.5, 0.6) is 0 Å². The summed E-state index contributed by atoms with van der Waals surface area (Å²) in [4.78, 5) is 10.5. The van der Waals surface area contributed by atoms with Crippen molar-refractivity contribution in [3.05, 3.63) is 24.3 Å². The number of unbranched alkanes of at least 4 members (excludes halogenated alkanes) is 5. The molecule has 1 saturated carbocycles. The van der Waals surface area contributed by atoms with Gasteiger partial charge in [0.2, 0.25) is 0 Å². The minimum absolute atomic E-state index is 0.0298. The van der Waals surface area contributed by atoms with E-state index in [0.29, 0.717) is 19.3 Å². The molecule has 0 saturated heterocycles. The maximum absolute atomic E-state index is 10.5. The zero-order chi connectivity index (χ0) is 20.1. The summed E-state index contributed by atoms with van der Waals surface area (Å²) in [7, 11) is 0. The summed E-state index contributed by atoms with van der Waals surface area (Å²) in [6.45, 7) is 2.18. The van der Waals surface area contributed by atoms with Crippen molar-refractivity contribution in [1.82, 2.24) is 0 Å². The molecule has 0 amide bonds. The molecule has 4 N–H and O–H groups in total. The number of carbonyl (C=O) groups is 1. The Morgan fingerprint density at radius 2 is 1.85 bits per heavy atom. The summed E-state index contributed by atoms with van der Waals surface area (Å²) in [5, 5.41) is 39.2. The molecule has 0 bridgehead atoms. The minimum atomic E-state index is -0.777. The maximum Gasteiger partial charge on any atom is 0.303 e. The molecule has 1 aliphatic rings. The Morgan fingerprint density at radius 1 is 1.07 bits per heavy atom. The van der Waals surface area contributed by atoms with Crippen molar-refractivity contribution in [2.75, 3.05) is 0 Å². The molecular weight excluding hydrogens is 344 g/mol. The van der Waals surface area contributed by atoms with Crippen molar-refractivity contribution in [3.63, 3.8) is 0 Å². The topological polar surface area (TPSA) is 98.0 Å². The van der Waals surface area contributed by atoms with Crippen LogP contribution in [0.15, 0.2) is 24.3 Å². The molecule has 5 heteroatoms. The zero-order valence-electron chi connectivity index (χ0n) is 16.7. The van der Waals surface area contributed by atoms with E-state index in [9.17, 15) is 20.1 Å². The lowest BCUT2D eigenvalue weighted by Gasteiger charge is -2.21. The van der Waals surface area contributed by atoms with Crippen molar-refractivity contribution in [2.24, 2.45) is 11.8 Å². The van der Waals surface area contributed by atoms with E-state index in [1.165, 1.54) is 19.3 Å². The van der Waals surface area contributed by atoms with Crippen molar-refractivity contribution >= 4 is 5.97 Å². The molecule has 27 heavy (non-hydrogen) atoms. The van der Waals surface area contributed by atoms with Crippen LogP contribution < -0.4 is 0 Å². The number of allylic oxidation sites excluding steroid dienone is 1. The predicted molar refractivity (Wildman–Crippen MR) is 107 cm³/mol. The molecule has 1 rings (SSSR count). The van der Waals surface area contributed by atoms with E-state index in [4.69, 9.17) is 5.11 Å². The molecule has 0 unspecified atom stereocenters. The second kappa shape index (κ2) is 13.9. The highest BCUT2D eigenvalue weighted by molar-refractivity contribution is 5.66. The number of hydrogen-bond acceptors (Lipinski definition) is 4. The van der Waals surface area contributed by atoms with Gasteiger partial charge in [-0.3, -0.25) is 4.79 Å². The van der Waals surface area contributed by atoms with Crippen molar-refractivity contribution in [1.29, 1.82) is 0 Å². The first-order valence-corrected chi connectivity index (χ1v) is 10.5. The lowest BCUT2D eigenvalue weighted by molar-refractivity contribution is -0.137. The Bertz CT molecular complexity index is 460. The molecule has 0 aromatic carbocycles. The number of aliphatic carboxylic acids is 1. The summed E-state index contributed by atoms with van der Waals surface area (Å²) in [6, 6.07) is 0. The van der Waals surface area contributed by atoms with Gasteiger partial charge in [0, 0.05) is 18.8 Å². The van der Waals surface area contributed by atoms with Gasteiger partial charge < -0.3 is 20.4 Å². The van der Waals surface area contributed by atoms with E-state index in [2.05, 4.69) is 13.0 Å². The van der Waals surface area contributed by atoms with Gasteiger partial charge in [-0.05, 0) is 38.0 Å². The zero-order valence-corrected chi connectivity index (χ0v) is 16.7. The fraction of sp³-hybridized carbons (Fsp3) is 0.773. The van der Waals surface area contributed by atoms with Crippen LogP contribution in [-0.2, 0) is 4.79 Å². The monoisotopic (exact) mass is 382 g/mol. The Hall–Kier alpha value is -1.17. The minimum Gasteiger partial charge on any atom is -0.481 e. The third kappa shape index (κ3) is 10.1. The molecule has 5 nitrogen and oxygen atoms in total. The van der Waals surface area contributed by atoms with Crippen LogP contribution in [0.2, 0.25) is 0 Å². The molecular formula is C22H38O5. The molecule has 0 aliphatic heterocycles. The van der Waals surface area contributed by atoms with Crippen LogP contribution in [0.1, 0.15) is 77.6 Å². The Labute approximate surface area is 163 Å². The van der Waals surface area contributed by atoms with Gasteiger partial charge >= 0.3 is 5.97 Å². The summed E-state index contributed by atoms with van der Waals surface area (Å²) >= 11 is 0. The second-order valence-corrected chi connectivity index (χ2v) is 7.76. The smallest absolute Gasteiger partial charge is 0.303 e. The molecule has 0 aromatic heterocycles. The molecule has 5 atom stereocenters. The van der Waals surface area contributed by atoms with Gasteiger partial charge in [-0.1, -0.05) is 56.9 Å². The van der Waals surface area contributed by atoms with E-state index in [1.807, 2.05) is 12.2 Å². The number of rotatable bonds is 14. The van der Waals surface area contributed by atoms with Crippen LogP contribution in [-0.4, -0.2) is 44.7 Å². The Morgan fingerprint density at radius 3 is 2.56 bits per heavy atom. The number of aliphatic hydroxyl groups excluding tert-OH is 3. The third-order valence-electron chi connectivity index (χ3n) is 5.42. The van der Waals surface area contributed by atoms with Crippen molar-refractivity contribution < 1.29 is 25.2 Å². The fourth-order valence-corrected chi connectivity index (χ4v) is 3.81. The van der Waals surface area contributed by atoms with Gasteiger partial charge in [0.05, 0.1) is 18.3 Å². The lowest BCUT2D eigenvalue weighted by atomic mass is 9.88. The predicted octanol–water partition coefficient (Wildman–Crippen LogP) is 3.82. The maximum atomic E-state index is 10.5. The standard InChI is InChI=1S/C22H38O5/c1-2-3-4-5-6-8-11-17(23)14-15-19-18(20(24)16-21(19)25)12-9-7-10-13-22(26)27/h6,8,14-15,17-21,23-25H,2-5,7,9-13,16H2,1H3,(H,26,27)/b8-6-,15-14+/t17-,18+,19-,20-,21+/m0/s1. The summed E-state index contributed by atoms with van der Waals surface area (Å²) in [5.74, 6) is -0.957. The normalized spacial score (nSPS) is 27.0. The highest BCUT2D eigenvalue weighted by atomic mass is 16.4. The van der Waals surface area contributed by atoms with Gasteiger partial charge in [0.25, 0.3) is 0 Å². The van der Waals surface area contributed by atoms with Gasteiger partial charge in [-0.2, -0.15) is 0 Å². The third-order valence-corrected chi connectivity index (χ3v) is 5.42. The molecule has 0 spiro atoms. The van der Waals surface area contributed by atoms with Crippen LogP contribution in [0.3, 0.4) is 0 Å². The Kier molecular flexibility index (Phi) is 12.3. The average Bonchev–Trinajstić information content (AvgIpc) is 2.88. The fourth-order valence-electron chi connectivity index (χ4n) is 3.81. The second-order valence-electron chi connectivity index (χ2n) is 7.76. The van der Waals surface area contributed by atoms with Gasteiger partial charge in [-0.15, -0.1) is 0 Å². The van der Waals surface area contributed by atoms with Crippen molar-refractivity contribution in [3.8, 4) is 0 Å². The first kappa shape index (κ1) is 23.9. The van der Waals surface area contributed by atoms with E-state index in [0.717, 1.165) is 25.7 Å². The van der Waals surface area contributed by atoms with E-state index < -0.39 is 24.3 Å². The highest BCUT2D eigenvalue weighted by Crippen LogP contribution is 2.37. The van der Waals surface area contributed by atoms with Crippen LogP contribution in [0.4, 0.5) is 0 Å². The first-order valence-electron chi connectivity index (χ1n) is 10.5. The molecule has 156 valence electrons. The highest BCUT2D eigenvalue weighted by Gasteiger charge is 2.39. The van der Waals surface area contributed by atoms with E-state index in [-0.39, 0.29) is 18.3 Å². The number of aliphatic hydroxyl groups is 3.